The molecule has 0 aliphatic heterocycles. The van der Waals surface area contributed by atoms with E-state index in [-0.39, 0.29) is 11.7 Å². The van der Waals surface area contributed by atoms with Crippen LogP contribution in [0.25, 0.3) is 0 Å². The van der Waals surface area contributed by atoms with Crippen LogP contribution in [-0.2, 0) is 6.42 Å². The van der Waals surface area contributed by atoms with E-state index in [2.05, 4.69) is 0 Å². The van der Waals surface area contributed by atoms with Gasteiger partial charge in [0.2, 0.25) is 0 Å². The van der Waals surface area contributed by atoms with E-state index in [1.165, 1.54) is 0 Å². The normalized spacial score (nSPS) is 17.1. The number of primary amides is 1. The zero-order chi connectivity index (χ0) is 15.9. The molecule has 6 heteroatoms. The second-order valence-corrected chi connectivity index (χ2v) is 6.37. The minimum Gasteiger partial charge on any atom is -0.497 e. The number of hydrogen-bond donors (Lipinski definition) is 2. The first-order valence-electron chi connectivity index (χ1n) is 6.89. The summed E-state index contributed by atoms with van der Waals surface area (Å²) in [4.78, 5) is 24.6. The lowest BCUT2D eigenvalue weighted by molar-refractivity contribution is 0.0968. The minimum absolute atomic E-state index is 0.00204. The first-order valence-corrected chi connectivity index (χ1v) is 7.71. The number of ketones is 1. The molecule has 3 rings (SSSR count). The number of thiophene rings is 1. The van der Waals surface area contributed by atoms with Crippen LogP contribution in [0, 0.1) is 0 Å². The molecule has 4 N–H and O–H groups in total. The Bertz CT molecular complexity index is 767. The Morgan fingerprint density at radius 2 is 2.14 bits per heavy atom. The number of fused-ring (bicyclic) bond motifs is 1. The van der Waals surface area contributed by atoms with Crippen molar-refractivity contribution in [3.05, 3.63) is 45.8 Å². The summed E-state index contributed by atoms with van der Waals surface area (Å²) in [7, 11) is 1.61. The number of ether oxygens (including phenoxy) is 1. The lowest BCUT2D eigenvalue weighted by Crippen LogP contribution is -2.21. The van der Waals surface area contributed by atoms with E-state index in [9.17, 15) is 9.59 Å². The van der Waals surface area contributed by atoms with Crippen molar-refractivity contribution in [2.75, 3.05) is 12.8 Å². The molecule has 1 heterocycles. The number of carbonyl (C=O) groups is 2. The molecular weight excluding hydrogens is 300 g/mol. The van der Waals surface area contributed by atoms with Gasteiger partial charge in [-0.25, -0.2) is 0 Å². The maximum Gasteiger partial charge on any atom is 0.251 e. The summed E-state index contributed by atoms with van der Waals surface area (Å²) in [5.74, 6) is 0.185. The van der Waals surface area contributed by atoms with Crippen molar-refractivity contribution in [1.29, 1.82) is 0 Å². The summed E-state index contributed by atoms with van der Waals surface area (Å²) < 4.78 is 5.23. The number of anilines is 1. The van der Waals surface area contributed by atoms with Gasteiger partial charge >= 0.3 is 0 Å². The number of rotatable bonds is 3. The third-order valence-corrected chi connectivity index (χ3v) is 5.08. The van der Waals surface area contributed by atoms with E-state index in [0.717, 1.165) is 22.6 Å². The Morgan fingerprint density at radius 3 is 2.82 bits per heavy atom. The fourth-order valence-corrected chi connectivity index (χ4v) is 3.99. The fraction of sp³-hybridized carbons (Fsp3) is 0.250. The summed E-state index contributed by atoms with van der Waals surface area (Å²) in [5.41, 5.74) is 13.3. The number of amides is 1. The van der Waals surface area contributed by atoms with Crippen molar-refractivity contribution in [2.24, 2.45) is 5.73 Å². The van der Waals surface area contributed by atoms with Gasteiger partial charge in [-0.1, -0.05) is 12.1 Å². The van der Waals surface area contributed by atoms with Gasteiger partial charge in [-0.05, 0) is 35.6 Å². The Balaban J connectivity index is 2.03. The number of hydrogen-bond acceptors (Lipinski definition) is 5. The number of methoxy groups -OCH3 is 1. The monoisotopic (exact) mass is 316 g/mol. The van der Waals surface area contributed by atoms with Crippen LogP contribution < -0.4 is 16.2 Å². The van der Waals surface area contributed by atoms with Gasteiger partial charge in [-0.3, -0.25) is 9.59 Å². The predicted molar refractivity (Wildman–Crippen MR) is 85.6 cm³/mol. The van der Waals surface area contributed by atoms with Crippen molar-refractivity contribution in [2.45, 2.75) is 18.8 Å². The first kappa shape index (κ1) is 14.6. The molecule has 1 aromatic carbocycles. The van der Waals surface area contributed by atoms with Crippen LogP contribution in [0.4, 0.5) is 5.00 Å². The molecule has 22 heavy (non-hydrogen) atoms. The standard InChI is InChI=1S/C16H16N2O3S/c1-21-10-4-2-3-8(5-10)9-6-11-13(15(17)20)16(18)22-14(11)12(19)7-9/h2-5,9H,6-7,18H2,1H3,(H2,17,20). The topological polar surface area (TPSA) is 95.4 Å². The van der Waals surface area contributed by atoms with Crippen LogP contribution in [0.5, 0.6) is 5.75 Å². The molecule has 1 unspecified atom stereocenters. The molecule has 0 fully saturated rings. The van der Waals surface area contributed by atoms with E-state index >= 15 is 0 Å². The summed E-state index contributed by atoms with van der Waals surface area (Å²) in [6.45, 7) is 0. The van der Waals surface area contributed by atoms with E-state index in [1.54, 1.807) is 7.11 Å². The predicted octanol–water partition coefficient (Wildman–Crippen LogP) is 2.35. The molecule has 1 aromatic heterocycles. The largest absolute Gasteiger partial charge is 0.497 e. The molecule has 1 atom stereocenters. The number of nitrogens with two attached hydrogens (primary N) is 2. The van der Waals surface area contributed by atoms with E-state index in [0.29, 0.717) is 33.8 Å². The fourth-order valence-electron chi connectivity index (χ4n) is 2.94. The second-order valence-electron chi connectivity index (χ2n) is 5.32. The highest BCUT2D eigenvalue weighted by molar-refractivity contribution is 7.18. The lowest BCUT2D eigenvalue weighted by Gasteiger charge is -2.22. The number of nitrogen functional groups attached to an aromatic ring is 1. The average molecular weight is 316 g/mol. The number of Topliss-reactive ketones (excluding diaryl/α,β-unsaturated/α-hetero) is 1. The van der Waals surface area contributed by atoms with Crippen LogP contribution in [0.2, 0.25) is 0 Å². The van der Waals surface area contributed by atoms with E-state index in [1.807, 2.05) is 24.3 Å². The molecule has 1 amide bonds. The highest BCUT2D eigenvalue weighted by Gasteiger charge is 2.33. The van der Waals surface area contributed by atoms with Gasteiger partial charge in [0, 0.05) is 6.42 Å². The maximum atomic E-state index is 12.4. The molecule has 5 nitrogen and oxygen atoms in total. The number of carbonyl (C=O) groups excluding carboxylic acids is 2. The zero-order valence-electron chi connectivity index (χ0n) is 12.1. The molecular formula is C16H16N2O3S. The van der Waals surface area contributed by atoms with Gasteiger partial charge in [-0.15, -0.1) is 11.3 Å². The van der Waals surface area contributed by atoms with Gasteiger partial charge in [0.15, 0.2) is 5.78 Å². The minimum atomic E-state index is -0.575. The van der Waals surface area contributed by atoms with Crippen LogP contribution in [-0.4, -0.2) is 18.8 Å². The third-order valence-electron chi connectivity index (χ3n) is 3.98. The molecule has 0 saturated heterocycles. The maximum absolute atomic E-state index is 12.4. The molecule has 1 aliphatic carbocycles. The summed E-state index contributed by atoms with van der Waals surface area (Å²) in [6, 6.07) is 7.63. The van der Waals surface area contributed by atoms with Gasteiger partial charge in [0.05, 0.1) is 22.6 Å². The Morgan fingerprint density at radius 1 is 1.36 bits per heavy atom. The average Bonchev–Trinajstić information content (AvgIpc) is 2.84. The van der Waals surface area contributed by atoms with Gasteiger partial charge in [0.1, 0.15) is 5.75 Å². The van der Waals surface area contributed by atoms with Crippen LogP contribution in [0.3, 0.4) is 0 Å². The Labute approximate surface area is 131 Å². The summed E-state index contributed by atoms with van der Waals surface area (Å²) >= 11 is 1.16. The summed E-state index contributed by atoms with van der Waals surface area (Å²) in [6.07, 6.45) is 0.985. The third kappa shape index (κ3) is 2.35. The molecule has 0 spiro atoms. The SMILES string of the molecule is COc1cccc(C2CC(=O)c3sc(N)c(C(N)=O)c3C2)c1. The van der Waals surface area contributed by atoms with Crippen LogP contribution in [0.1, 0.15) is 43.5 Å². The van der Waals surface area contributed by atoms with Crippen molar-refractivity contribution in [3.63, 3.8) is 0 Å². The van der Waals surface area contributed by atoms with E-state index in [4.69, 9.17) is 16.2 Å². The van der Waals surface area contributed by atoms with Crippen molar-refractivity contribution < 1.29 is 14.3 Å². The van der Waals surface area contributed by atoms with Gasteiger partial charge < -0.3 is 16.2 Å². The quantitative estimate of drug-likeness (QED) is 0.908. The molecule has 114 valence electrons. The highest BCUT2D eigenvalue weighted by Crippen LogP contribution is 2.41. The van der Waals surface area contributed by atoms with E-state index < -0.39 is 5.91 Å². The molecule has 0 bridgehead atoms. The van der Waals surface area contributed by atoms with Crippen molar-refractivity contribution in [3.8, 4) is 5.75 Å². The first-order chi connectivity index (χ1) is 10.5. The van der Waals surface area contributed by atoms with Crippen molar-refractivity contribution >= 4 is 28.0 Å². The molecule has 0 radical (unpaired) electrons. The molecule has 1 aliphatic rings. The molecule has 0 saturated carbocycles. The van der Waals surface area contributed by atoms with Gasteiger partial charge in [-0.2, -0.15) is 0 Å². The molecule has 2 aromatic rings. The number of benzene rings is 1. The Kier molecular flexibility index (Phi) is 3.62. The Hall–Kier alpha value is -2.34. The zero-order valence-corrected chi connectivity index (χ0v) is 12.9. The van der Waals surface area contributed by atoms with Crippen LogP contribution in [0.15, 0.2) is 24.3 Å². The van der Waals surface area contributed by atoms with Crippen molar-refractivity contribution in [1.82, 2.24) is 0 Å². The highest BCUT2D eigenvalue weighted by atomic mass is 32.1. The second kappa shape index (κ2) is 5.46. The smallest absolute Gasteiger partial charge is 0.251 e. The lowest BCUT2D eigenvalue weighted by atomic mass is 9.81. The van der Waals surface area contributed by atoms with Crippen LogP contribution >= 0.6 is 11.3 Å². The van der Waals surface area contributed by atoms with Gasteiger partial charge in [0.25, 0.3) is 5.91 Å². The summed E-state index contributed by atoms with van der Waals surface area (Å²) in [5, 5.41) is 0.331.